The van der Waals surface area contributed by atoms with Gasteiger partial charge in [0.05, 0.1) is 0 Å². The lowest BCUT2D eigenvalue weighted by Gasteiger charge is -2.13. The van der Waals surface area contributed by atoms with E-state index in [4.69, 9.17) is 0 Å². The maximum absolute atomic E-state index is 11.6. The van der Waals surface area contributed by atoms with Crippen LogP contribution in [0.3, 0.4) is 0 Å². The lowest BCUT2D eigenvalue weighted by molar-refractivity contribution is -0.139. The second-order valence-corrected chi connectivity index (χ2v) is 3.69. The minimum absolute atomic E-state index is 0.151. The number of carbonyl (C=O) groups excluding carboxylic acids is 3. The first kappa shape index (κ1) is 13.8. The molecule has 0 aromatic carbocycles. The zero-order valence-electron chi connectivity index (χ0n) is 10.5. The fraction of sp³-hybridized carbons (Fsp3) is 0.333. The molecule has 0 saturated heterocycles. The van der Waals surface area contributed by atoms with Crippen LogP contribution in [0.1, 0.15) is 24.2 Å². The van der Waals surface area contributed by atoms with Crippen molar-refractivity contribution in [2.75, 3.05) is 18.6 Å². The first-order chi connectivity index (χ1) is 8.41. The van der Waals surface area contributed by atoms with E-state index in [0.29, 0.717) is 11.4 Å². The number of rotatable bonds is 4. The Balaban J connectivity index is 2.73. The summed E-state index contributed by atoms with van der Waals surface area (Å²) >= 11 is 0. The number of anilines is 1. The number of nitrogens with zero attached hydrogens (tertiary/aromatic N) is 2. The molecule has 0 unspecified atom stereocenters. The van der Waals surface area contributed by atoms with Crippen LogP contribution in [0.5, 0.6) is 0 Å². The van der Waals surface area contributed by atoms with Crippen LogP contribution >= 0.6 is 0 Å². The van der Waals surface area contributed by atoms with Crippen LogP contribution in [0.2, 0.25) is 0 Å². The summed E-state index contributed by atoms with van der Waals surface area (Å²) in [6, 6.07) is 3.09. The van der Waals surface area contributed by atoms with E-state index in [0.717, 1.165) is 0 Å². The normalized spacial score (nSPS) is 9.72. The highest BCUT2D eigenvalue weighted by atomic mass is 16.5. The van der Waals surface area contributed by atoms with Gasteiger partial charge in [-0.1, -0.05) is 0 Å². The summed E-state index contributed by atoms with van der Waals surface area (Å²) in [5.41, 5.74) is 0.331. The number of hydrogen-bond acceptors (Lipinski definition) is 5. The maximum Gasteiger partial charge on any atom is 0.303 e. The van der Waals surface area contributed by atoms with Gasteiger partial charge in [-0.15, -0.1) is 0 Å². The van der Waals surface area contributed by atoms with Crippen LogP contribution in [0, 0.1) is 0 Å². The van der Waals surface area contributed by atoms with Crippen LogP contribution in [0.15, 0.2) is 18.3 Å². The van der Waals surface area contributed by atoms with Gasteiger partial charge in [0.25, 0.3) is 0 Å². The van der Waals surface area contributed by atoms with Gasteiger partial charge in [-0.3, -0.25) is 14.4 Å². The zero-order chi connectivity index (χ0) is 13.7. The van der Waals surface area contributed by atoms with Crippen molar-refractivity contribution in [3.05, 3.63) is 23.9 Å². The summed E-state index contributed by atoms with van der Waals surface area (Å²) in [7, 11) is 1.59. The highest BCUT2D eigenvalue weighted by molar-refractivity contribution is 5.98. The first-order valence-electron chi connectivity index (χ1n) is 5.28. The SMILES string of the molecule is CC(=O)OCC(=O)c1ccc(N(C)C(C)=O)nc1. The summed E-state index contributed by atoms with van der Waals surface area (Å²) in [6.07, 6.45) is 1.35. The third-order valence-electron chi connectivity index (χ3n) is 2.29. The summed E-state index contributed by atoms with van der Waals surface area (Å²) in [5, 5.41) is 0. The molecule has 0 saturated carbocycles. The van der Waals surface area contributed by atoms with Gasteiger partial charge in [0.1, 0.15) is 5.82 Å². The zero-order valence-corrected chi connectivity index (χ0v) is 10.5. The molecule has 0 aliphatic heterocycles. The Morgan fingerprint density at radius 3 is 2.39 bits per heavy atom. The Labute approximate surface area is 105 Å². The number of aromatic nitrogens is 1. The number of ether oxygens (including phenoxy) is 1. The second kappa shape index (κ2) is 5.90. The van der Waals surface area contributed by atoms with Crippen LogP contribution in [-0.2, 0) is 14.3 Å². The van der Waals surface area contributed by atoms with Gasteiger partial charge in [-0.2, -0.15) is 0 Å². The maximum atomic E-state index is 11.6. The number of Topliss-reactive ketones (excluding diaryl/α,β-unsaturated/α-hetero) is 1. The second-order valence-electron chi connectivity index (χ2n) is 3.69. The van der Waals surface area contributed by atoms with E-state index >= 15 is 0 Å². The third-order valence-corrected chi connectivity index (χ3v) is 2.29. The van der Waals surface area contributed by atoms with E-state index in [1.54, 1.807) is 13.1 Å². The molecule has 0 bridgehead atoms. The predicted octanol–water partition coefficient (Wildman–Crippen LogP) is 0.810. The molecule has 0 spiro atoms. The minimum atomic E-state index is -0.510. The van der Waals surface area contributed by atoms with Crippen molar-refractivity contribution < 1.29 is 19.1 Å². The predicted molar refractivity (Wildman–Crippen MR) is 64.3 cm³/mol. The molecule has 96 valence electrons. The Morgan fingerprint density at radius 1 is 1.28 bits per heavy atom. The molecule has 0 atom stereocenters. The summed E-state index contributed by atoms with van der Waals surface area (Å²) in [5.74, 6) is -0.549. The first-order valence-corrected chi connectivity index (χ1v) is 5.28. The lowest BCUT2D eigenvalue weighted by Crippen LogP contribution is -2.24. The third kappa shape index (κ3) is 3.65. The molecule has 1 amide bonds. The van der Waals surface area contributed by atoms with Crippen molar-refractivity contribution in [3.63, 3.8) is 0 Å². The van der Waals surface area contributed by atoms with Crippen LogP contribution in [-0.4, -0.2) is 36.3 Å². The fourth-order valence-electron chi connectivity index (χ4n) is 1.16. The minimum Gasteiger partial charge on any atom is -0.457 e. The van der Waals surface area contributed by atoms with Crippen LogP contribution in [0.25, 0.3) is 0 Å². The molecular weight excluding hydrogens is 236 g/mol. The molecule has 6 heteroatoms. The number of carbonyl (C=O) groups is 3. The van der Waals surface area contributed by atoms with E-state index in [2.05, 4.69) is 9.72 Å². The highest BCUT2D eigenvalue weighted by Crippen LogP contribution is 2.10. The van der Waals surface area contributed by atoms with E-state index in [1.165, 1.54) is 31.0 Å². The average Bonchev–Trinajstić information content (AvgIpc) is 2.35. The lowest BCUT2D eigenvalue weighted by atomic mass is 10.2. The summed E-state index contributed by atoms with van der Waals surface area (Å²) in [6.45, 7) is 2.34. The Bertz CT molecular complexity index is 467. The van der Waals surface area contributed by atoms with Crippen molar-refractivity contribution in [2.24, 2.45) is 0 Å². The van der Waals surface area contributed by atoms with Crippen molar-refractivity contribution in [1.29, 1.82) is 0 Å². The standard InChI is InChI=1S/C12H14N2O4/c1-8(15)14(3)12-5-4-10(6-13-12)11(17)7-18-9(2)16/h4-6H,7H2,1-3H3. The molecule has 0 radical (unpaired) electrons. The number of ketones is 1. The number of amides is 1. The molecule has 1 heterocycles. The Hall–Kier alpha value is -2.24. The molecule has 1 aromatic rings. The van der Waals surface area contributed by atoms with Gasteiger partial charge < -0.3 is 9.64 Å². The van der Waals surface area contributed by atoms with Gasteiger partial charge in [-0.05, 0) is 12.1 Å². The average molecular weight is 250 g/mol. The largest absolute Gasteiger partial charge is 0.457 e. The molecule has 6 nitrogen and oxygen atoms in total. The fourth-order valence-corrected chi connectivity index (χ4v) is 1.16. The molecule has 18 heavy (non-hydrogen) atoms. The molecular formula is C12H14N2O4. The van der Waals surface area contributed by atoms with Crippen molar-refractivity contribution in [3.8, 4) is 0 Å². The quantitative estimate of drug-likeness (QED) is 0.583. The molecule has 0 aliphatic carbocycles. The van der Waals surface area contributed by atoms with Gasteiger partial charge in [0.2, 0.25) is 11.7 Å². The van der Waals surface area contributed by atoms with Gasteiger partial charge in [0, 0.05) is 32.7 Å². The smallest absolute Gasteiger partial charge is 0.303 e. The molecule has 1 aromatic heterocycles. The van der Waals surface area contributed by atoms with Crippen molar-refractivity contribution in [2.45, 2.75) is 13.8 Å². The molecule has 1 rings (SSSR count). The van der Waals surface area contributed by atoms with Crippen LogP contribution < -0.4 is 4.90 Å². The van der Waals surface area contributed by atoms with Crippen molar-refractivity contribution in [1.82, 2.24) is 4.98 Å². The summed E-state index contributed by atoms with van der Waals surface area (Å²) in [4.78, 5) is 38.6. The van der Waals surface area contributed by atoms with E-state index in [9.17, 15) is 14.4 Å². The van der Waals surface area contributed by atoms with E-state index in [-0.39, 0.29) is 18.3 Å². The van der Waals surface area contributed by atoms with Crippen molar-refractivity contribution >= 4 is 23.5 Å². The van der Waals surface area contributed by atoms with Crippen LogP contribution in [0.4, 0.5) is 5.82 Å². The number of hydrogen-bond donors (Lipinski definition) is 0. The van der Waals surface area contributed by atoms with E-state index in [1.807, 2.05) is 0 Å². The highest BCUT2D eigenvalue weighted by Gasteiger charge is 2.11. The summed E-state index contributed by atoms with van der Waals surface area (Å²) < 4.78 is 4.59. The Morgan fingerprint density at radius 2 is 1.94 bits per heavy atom. The molecule has 0 fully saturated rings. The Kier molecular flexibility index (Phi) is 4.53. The number of esters is 1. The topological polar surface area (TPSA) is 76.6 Å². The number of pyridine rings is 1. The molecule has 0 aliphatic rings. The van der Waals surface area contributed by atoms with Gasteiger partial charge >= 0.3 is 5.97 Å². The van der Waals surface area contributed by atoms with Gasteiger partial charge in [-0.25, -0.2) is 4.98 Å². The van der Waals surface area contributed by atoms with Gasteiger partial charge in [0.15, 0.2) is 6.61 Å². The monoisotopic (exact) mass is 250 g/mol. The molecule has 0 N–H and O–H groups in total. The van der Waals surface area contributed by atoms with E-state index < -0.39 is 5.97 Å².